The van der Waals surface area contributed by atoms with Crippen LogP contribution in [-0.4, -0.2) is 46.1 Å². The molecule has 1 saturated heterocycles. The lowest BCUT2D eigenvalue weighted by atomic mass is 10.1. The zero-order valence-electron chi connectivity index (χ0n) is 8.14. The van der Waals surface area contributed by atoms with Gasteiger partial charge >= 0.3 is 5.97 Å². The van der Waals surface area contributed by atoms with E-state index in [9.17, 15) is 4.79 Å². The van der Waals surface area contributed by atoms with E-state index in [1.807, 2.05) is 11.8 Å². The minimum atomic E-state index is -0.785. The number of aliphatic carboxylic acids is 1. The van der Waals surface area contributed by atoms with Crippen molar-refractivity contribution in [3.8, 4) is 6.07 Å². The van der Waals surface area contributed by atoms with Crippen LogP contribution >= 0.6 is 11.8 Å². The van der Waals surface area contributed by atoms with Gasteiger partial charge in [0.15, 0.2) is 0 Å². The van der Waals surface area contributed by atoms with Crippen LogP contribution in [0.15, 0.2) is 0 Å². The third kappa shape index (κ3) is 2.89. The lowest BCUT2D eigenvalue weighted by molar-refractivity contribution is -0.138. The zero-order chi connectivity index (χ0) is 10.6. The highest BCUT2D eigenvalue weighted by Crippen LogP contribution is 2.20. The first-order chi connectivity index (χ1) is 6.65. The number of nitriles is 1. The van der Waals surface area contributed by atoms with Crippen molar-refractivity contribution in [2.45, 2.75) is 25.4 Å². The van der Waals surface area contributed by atoms with Gasteiger partial charge in [-0.3, -0.25) is 9.69 Å². The first-order valence-electron chi connectivity index (χ1n) is 4.60. The molecule has 0 radical (unpaired) electrons. The molecule has 1 aliphatic heterocycles. The van der Waals surface area contributed by atoms with Crippen LogP contribution in [0.2, 0.25) is 0 Å². The van der Waals surface area contributed by atoms with Gasteiger partial charge in [-0.2, -0.15) is 17.0 Å². The summed E-state index contributed by atoms with van der Waals surface area (Å²) in [6.07, 6.45) is 0.138. The van der Waals surface area contributed by atoms with Crippen molar-refractivity contribution in [1.82, 2.24) is 4.90 Å². The molecular weight excluding hydrogens is 200 g/mol. The van der Waals surface area contributed by atoms with Crippen LogP contribution in [0.25, 0.3) is 0 Å². The summed E-state index contributed by atoms with van der Waals surface area (Å²) in [7, 11) is 0. The molecule has 14 heavy (non-hydrogen) atoms. The molecule has 1 rings (SSSR count). The molecule has 0 spiro atoms. The Balaban J connectivity index is 2.59. The maximum atomic E-state index is 10.6. The first kappa shape index (κ1) is 11.3. The van der Waals surface area contributed by atoms with E-state index >= 15 is 0 Å². The van der Waals surface area contributed by atoms with Gasteiger partial charge in [-0.05, 0) is 6.92 Å². The molecule has 1 fully saturated rings. The van der Waals surface area contributed by atoms with Crippen molar-refractivity contribution >= 4 is 17.7 Å². The maximum absolute atomic E-state index is 10.6. The first-order valence-corrected chi connectivity index (χ1v) is 5.75. The second-order valence-electron chi connectivity index (χ2n) is 3.37. The molecule has 0 aromatic carbocycles. The third-order valence-corrected chi connectivity index (χ3v) is 3.46. The summed E-state index contributed by atoms with van der Waals surface area (Å²) < 4.78 is 0. The molecule has 1 aliphatic rings. The van der Waals surface area contributed by atoms with Crippen LogP contribution in [0.3, 0.4) is 0 Å². The van der Waals surface area contributed by atoms with E-state index in [2.05, 4.69) is 6.07 Å². The summed E-state index contributed by atoms with van der Waals surface area (Å²) >= 11 is 1.76. The molecule has 0 aromatic heterocycles. The molecule has 1 heterocycles. The van der Waals surface area contributed by atoms with Gasteiger partial charge in [0.1, 0.15) is 0 Å². The minimum absolute atomic E-state index is 0.0147. The predicted octanol–water partition coefficient (Wildman–Crippen LogP) is 0.791. The number of thioether (sulfide) groups is 1. The van der Waals surface area contributed by atoms with Crippen LogP contribution in [0, 0.1) is 11.3 Å². The Labute approximate surface area is 87.9 Å². The van der Waals surface area contributed by atoms with E-state index in [0.29, 0.717) is 0 Å². The Morgan fingerprint density at radius 2 is 2.57 bits per heavy atom. The summed E-state index contributed by atoms with van der Waals surface area (Å²) in [6.45, 7) is 2.64. The van der Waals surface area contributed by atoms with E-state index in [-0.39, 0.29) is 18.5 Å². The molecule has 4 nitrogen and oxygen atoms in total. The Morgan fingerprint density at radius 3 is 3.14 bits per heavy atom. The Hall–Kier alpha value is -0.730. The van der Waals surface area contributed by atoms with Crippen LogP contribution in [0.1, 0.15) is 13.3 Å². The predicted molar refractivity (Wildman–Crippen MR) is 55.1 cm³/mol. The van der Waals surface area contributed by atoms with Crippen LogP contribution in [0.5, 0.6) is 0 Å². The Morgan fingerprint density at radius 1 is 1.86 bits per heavy atom. The minimum Gasteiger partial charge on any atom is -0.481 e. The smallest absolute Gasteiger partial charge is 0.304 e. The van der Waals surface area contributed by atoms with E-state index in [4.69, 9.17) is 10.4 Å². The summed E-state index contributed by atoms with van der Waals surface area (Å²) in [4.78, 5) is 12.6. The van der Waals surface area contributed by atoms with Gasteiger partial charge in [0.05, 0.1) is 18.5 Å². The Kier molecular flexibility index (Phi) is 4.23. The van der Waals surface area contributed by atoms with Crippen molar-refractivity contribution in [1.29, 1.82) is 5.26 Å². The van der Waals surface area contributed by atoms with E-state index in [1.54, 1.807) is 11.8 Å². The van der Waals surface area contributed by atoms with Gasteiger partial charge in [0.2, 0.25) is 0 Å². The van der Waals surface area contributed by atoms with Gasteiger partial charge in [-0.25, -0.2) is 0 Å². The topological polar surface area (TPSA) is 64.3 Å². The fourth-order valence-electron chi connectivity index (χ4n) is 1.63. The fraction of sp³-hybridized carbons (Fsp3) is 0.778. The molecule has 0 amide bonds. The van der Waals surface area contributed by atoms with E-state index in [0.717, 1.165) is 18.1 Å². The lowest BCUT2D eigenvalue weighted by Gasteiger charge is -2.36. The second kappa shape index (κ2) is 5.23. The van der Waals surface area contributed by atoms with Crippen molar-refractivity contribution in [3.05, 3.63) is 0 Å². The SMILES string of the molecule is CC(C#N)N1CCSCC1CC(=O)O. The van der Waals surface area contributed by atoms with Crippen LogP contribution in [-0.2, 0) is 4.79 Å². The van der Waals surface area contributed by atoms with Crippen molar-refractivity contribution in [2.24, 2.45) is 0 Å². The average Bonchev–Trinajstić information content (AvgIpc) is 2.16. The quantitative estimate of drug-likeness (QED) is 0.752. The number of hydrogen-bond donors (Lipinski definition) is 1. The van der Waals surface area contributed by atoms with Crippen molar-refractivity contribution in [3.63, 3.8) is 0 Å². The highest BCUT2D eigenvalue weighted by atomic mass is 32.2. The summed E-state index contributed by atoms with van der Waals surface area (Å²) in [5.74, 6) is 1.02. The number of carbonyl (C=O) groups is 1. The normalized spacial score (nSPS) is 25.3. The van der Waals surface area contributed by atoms with Gasteiger partial charge in [0.25, 0.3) is 0 Å². The third-order valence-electron chi connectivity index (χ3n) is 2.37. The summed E-state index contributed by atoms with van der Waals surface area (Å²) in [5.41, 5.74) is 0. The van der Waals surface area contributed by atoms with Crippen molar-refractivity contribution in [2.75, 3.05) is 18.1 Å². The van der Waals surface area contributed by atoms with Crippen LogP contribution < -0.4 is 0 Å². The molecule has 2 unspecified atom stereocenters. The summed E-state index contributed by atoms with van der Waals surface area (Å²) in [5, 5.41) is 17.5. The number of rotatable bonds is 3. The Bertz CT molecular complexity index is 252. The van der Waals surface area contributed by atoms with Crippen LogP contribution in [0.4, 0.5) is 0 Å². The van der Waals surface area contributed by atoms with Gasteiger partial charge < -0.3 is 5.11 Å². The van der Waals surface area contributed by atoms with Gasteiger partial charge in [-0.1, -0.05) is 0 Å². The molecule has 0 saturated carbocycles. The molecule has 0 bridgehead atoms. The summed E-state index contributed by atoms with van der Waals surface area (Å²) in [6, 6.07) is 2.00. The molecule has 0 aromatic rings. The lowest BCUT2D eigenvalue weighted by Crippen LogP contribution is -2.47. The zero-order valence-corrected chi connectivity index (χ0v) is 8.96. The second-order valence-corrected chi connectivity index (χ2v) is 4.52. The number of hydrogen-bond acceptors (Lipinski definition) is 4. The molecule has 5 heteroatoms. The van der Waals surface area contributed by atoms with E-state index in [1.165, 1.54) is 0 Å². The fourth-order valence-corrected chi connectivity index (χ4v) is 2.72. The average molecular weight is 214 g/mol. The molecule has 2 atom stereocenters. The monoisotopic (exact) mass is 214 g/mol. The number of nitrogens with zero attached hydrogens (tertiary/aromatic N) is 2. The molecule has 1 N–H and O–H groups in total. The molecular formula is C9H14N2O2S. The molecule has 0 aliphatic carbocycles. The standard InChI is InChI=1S/C9H14N2O2S/c1-7(5-10)11-2-3-14-6-8(11)4-9(12)13/h7-8H,2-4,6H2,1H3,(H,12,13). The maximum Gasteiger partial charge on any atom is 0.304 e. The molecule has 78 valence electrons. The van der Waals surface area contributed by atoms with Gasteiger partial charge in [-0.15, -0.1) is 0 Å². The van der Waals surface area contributed by atoms with E-state index < -0.39 is 5.97 Å². The van der Waals surface area contributed by atoms with Crippen molar-refractivity contribution < 1.29 is 9.90 Å². The van der Waals surface area contributed by atoms with Gasteiger partial charge in [0, 0.05) is 24.1 Å². The highest BCUT2D eigenvalue weighted by Gasteiger charge is 2.28. The largest absolute Gasteiger partial charge is 0.481 e. The number of carboxylic acids is 1. The number of carboxylic acid groups (broad SMARTS) is 1. The highest BCUT2D eigenvalue weighted by molar-refractivity contribution is 7.99.